The van der Waals surface area contributed by atoms with Gasteiger partial charge in [-0.3, -0.25) is 0 Å². The minimum atomic E-state index is -0.625. The van der Waals surface area contributed by atoms with Gasteiger partial charge in [0.15, 0.2) is 0 Å². The zero-order valence-electron chi connectivity index (χ0n) is 14.6. The van der Waals surface area contributed by atoms with Gasteiger partial charge in [0.1, 0.15) is 18.5 Å². The average Bonchev–Trinajstić information content (AvgIpc) is 2.53. The number of rotatable bonds is 6. The summed E-state index contributed by atoms with van der Waals surface area (Å²) in [6, 6.07) is 7.46. The number of benzene rings is 1. The first kappa shape index (κ1) is 18.2. The Bertz CT molecular complexity index is 683. The first-order valence-electron chi connectivity index (χ1n) is 7.97. The molecule has 0 saturated carbocycles. The van der Waals surface area contributed by atoms with Crippen LogP contribution in [-0.4, -0.2) is 35.0 Å². The van der Waals surface area contributed by atoms with E-state index in [1.54, 1.807) is 0 Å². The van der Waals surface area contributed by atoms with Gasteiger partial charge in [0.25, 0.3) is 0 Å². The zero-order chi connectivity index (χ0) is 17.7. The van der Waals surface area contributed by atoms with Crippen LogP contribution in [0, 0.1) is 12.1 Å². The molecule has 2 aromatic rings. The van der Waals surface area contributed by atoms with Crippen molar-refractivity contribution in [2.75, 3.05) is 13.2 Å². The molecule has 6 heteroatoms. The SMILES string of the molecule is Cc1cn[n+]([O-])cc1-c1ccccc1OCC(O)CNC(C)(C)C. The highest BCUT2D eigenvalue weighted by Crippen LogP contribution is 2.30. The van der Waals surface area contributed by atoms with Gasteiger partial charge in [-0.05, 0) is 39.3 Å². The molecule has 0 amide bonds. The largest absolute Gasteiger partial charge is 0.594 e. The van der Waals surface area contributed by atoms with Crippen LogP contribution in [0.5, 0.6) is 5.75 Å². The second-order valence-corrected chi connectivity index (χ2v) is 6.86. The van der Waals surface area contributed by atoms with Gasteiger partial charge in [0.05, 0.1) is 11.8 Å². The lowest BCUT2D eigenvalue weighted by molar-refractivity contribution is -0.668. The van der Waals surface area contributed by atoms with Gasteiger partial charge in [-0.15, -0.1) is 0 Å². The fourth-order valence-corrected chi connectivity index (χ4v) is 2.22. The Labute approximate surface area is 142 Å². The van der Waals surface area contributed by atoms with Crippen LogP contribution in [0.3, 0.4) is 0 Å². The molecule has 0 aliphatic carbocycles. The minimum absolute atomic E-state index is 0.0607. The summed E-state index contributed by atoms with van der Waals surface area (Å²) in [5, 5.41) is 28.5. The van der Waals surface area contributed by atoms with Crippen LogP contribution in [-0.2, 0) is 0 Å². The van der Waals surface area contributed by atoms with Crippen molar-refractivity contribution in [1.82, 2.24) is 10.4 Å². The molecule has 0 aliphatic heterocycles. The maximum Gasteiger partial charge on any atom is 0.218 e. The molecular formula is C18H25N3O3. The van der Waals surface area contributed by atoms with Crippen LogP contribution in [0.1, 0.15) is 26.3 Å². The fourth-order valence-electron chi connectivity index (χ4n) is 2.22. The predicted octanol–water partition coefficient (Wildman–Crippen LogP) is 1.82. The molecule has 1 heterocycles. The smallest absolute Gasteiger partial charge is 0.218 e. The van der Waals surface area contributed by atoms with E-state index < -0.39 is 6.10 Å². The number of nitrogens with one attached hydrogen (secondary N) is 1. The monoisotopic (exact) mass is 331 g/mol. The Morgan fingerprint density at radius 1 is 1.29 bits per heavy atom. The molecule has 0 radical (unpaired) electrons. The first-order valence-corrected chi connectivity index (χ1v) is 7.97. The molecule has 0 saturated heterocycles. The fraction of sp³-hybridized carbons (Fsp3) is 0.444. The minimum Gasteiger partial charge on any atom is -0.594 e. The van der Waals surface area contributed by atoms with Crippen molar-refractivity contribution in [3.05, 3.63) is 47.4 Å². The molecule has 1 unspecified atom stereocenters. The van der Waals surface area contributed by atoms with Gasteiger partial charge in [-0.25, -0.2) is 0 Å². The number of ether oxygens (including phenoxy) is 1. The van der Waals surface area contributed by atoms with E-state index in [9.17, 15) is 10.3 Å². The predicted molar refractivity (Wildman–Crippen MR) is 92.6 cm³/mol. The maximum absolute atomic E-state index is 11.5. The van der Waals surface area contributed by atoms with Gasteiger partial charge >= 0.3 is 0 Å². The lowest BCUT2D eigenvalue weighted by Gasteiger charge is -2.23. The van der Waals surface area contributed by atoms with E-state index in [1.165, 1.54) is 12.4 Å². The topological polar surface area (TPSA) is 81.3 Å². The van der Waals surface area contributed by atoms with Crippen molar-refractivity contribution in [2.45, 2.75) is 39.3 Å². The number of aryl methyl sites for hydroxylation is 1. The van der Waals surface area contributed by atoms with Gasteiger partial charge in [0, 0.05) is 22.7 Å². The number of aromatic nitrogens is 2. The van der Waals surface area contributed by atoms with Crippen LogP contribution in [0.15, 0.2) is 36.7 Å². The molecule has 6 nitrogen and oxygen atoms in total. The Morgan fingerprint density at radius 3 is 2.71 bits per heavy atom. The van der Waals surface area contributed by atoms with Crippen LogP contribution in [0.4, 0.5) is 0 Å². The van der Waals surface area contributed by atoms with E-state index in [1.807, 2.05) is 52.0 Å². The third-order valence-corrected chi connectivity index (χ3v) is 3.51. The molecule has 1 atom stereocenters. The van der Waals surface area contributed by atoms with Crippen molar-refractivity contribution in [2.24, 2.45) is 0 Å². The Morgan fingerprint density at radius 2 is 2.00 bits per heavy atom. The Hall–Kier alpha value is -2.18. The number of aliphatic hydroxyl groups is 1. The third-order valence-electron chi connectivity index (χ3n) is 3.51. The highest BCUT2D eigenvalue weighted by atomic mass is 16.5. The van der Waals surface area contributed by atoms with E-state index in [0.29, 0.717) is 17.1 Å². The van der Waals surface area contributed by atoms with Gasteiger partial charge in [0.2, 0.25) is 6.20 Å². The molecule has 2 rings (SSSR count). The quantitative estimate of drug-likeness (QED) is 0.623. The first-order chi connectivity index (χ1) is 11.3. The molecular weight excluding hydrogens is 306 g/mol. The average molecular weight is 331 g/mol. The van der Waals surface area contributed by atoms with Crippen LogP contribution < -0.4 is 14.9 Å². The summed E-state index contributed by atoms with van der Waals surface area (Å²) in [5.41, 5.74) is 2.39. The zero-order valence-corrected chi connectivity index (χ0v) is 14.6. The van der Waals surface area contributed by atoms with Crippen molar-refractivity contribution in [1.29, 1.82) is 0 Å². The van der Waals surface area contributed by atoms with Gasteiger partial charge in [-0.2, -0.15) is 0 Å². The van der Waals surface area contributed by atoms with Crippen molar-refractivity contribution in [3.63, 3.8) is 0 Å². The number of aliphatic hydroxyl groups excluding tert-OH is 1. The van der Waals surface area contributed by atoms with Crippen molar-refractivity contribution in [3.8, 4) is 16.9 Å². The number of para-hydroxylation sites is 1. The highest BCUT2D eigenvalue weighted by Gasteiger charge is 2.15. The van der Waals surface area contributed by atoms with Crippen molar-refractivity contribution < 1.29 is 14.7 Å². The lowest BCUT2D eigenvalue weighted by atomic mass is 10.0. The standard InChI is InChI=1S/C18H25N3O3/c1-13-9-20-21(23)11-16(13)15-7-5-6-8-17(15)24-12-14(22)10-19-18(2,3)4/h5-9,11,14,19,22H,10,12H2,1-4H3. The second-order valence-electron chi connectivity index (χ2n) is 6.86. The summed E-state index contributed by atoms with van der Waals surface area (Å²) in [6.45, 7) is 8.63. The summed E-state index contributed by atoms with van der Waals surface area (Å²) in [4.78, 5) is 0.529. The Kier molecular flexibility index (Phi) is 5.75. The summed E-state index contributed by atoms with van der Waals surface area (Å²) in [5.74, 6) is 0.626. The van der Waals surface area contributed by atoms with Crippen LogP contribution in [0.2, 0.25) is 0 Å². The van der Waals surface area contributed by atoms with E-state index in [-0.39, 0.29) is 12.1 Å². The Balaban J connectivity index is 2.11. The van der Waals surface area contributed by atoms with E-state index in [4.69, 9.17) is 4.74 Å². The lowest BCUT2D eigenvalue weighted by Crippen LogP contribution is -2.42. The number of hydrogen-bond donors (Lipinski definition) is 2. The molecule has 2 N–H and O–H groups in total. The molecule has 0 aliphatic rings. The molecule has 130 valence electrons. The number of nitrogens with zero attached hydrogens (tertiary/aromatic N) is 2. The molecule has 1 aromatic carbocycles. The molecule has 24 heavy (non-hydrogen) atoms. The van der Waals surface area contributed by atoms with Gasteiger partial charge < -0.3 is 20.4 Å². The van der Waals surface area contributed by atoms with Crippen LogP contribution in [0.25, 0.3) is 11.1 Å². The number of hydrogen-bond acceptors (Lipinski definition) is 5. The molecule has 0 spiro atoms. The summed E-state index contributed by atoms with van der Waals surface area (Å²) < 4.78 is 5.79. The van der Waals surface area contributed by atoms with Crippen molar-refractivity contribution >= 4 is 0 Å². The summed E-state index contributed by atoms with van der Waals surface area (Å²) >= 11 is 0. The summed E-state index contributed by atoms with van der Waals surface area (Å²) in [7, 11) is 0. The second kappa shape index (κ2) is 7.59. The van der Waals surface area contributed by atoms with E-state index in [0.717, 1.165) is 16.7 Å². The van der Waals surface area contributed by atoms with E-state index in [2.05, 4.69) is 10.4 Å². The van der Waals surface area contributed by atoms with E-state index >= 15 is 0 Å². The molecule has 1 aromatic heterocycles. The van der Waals surface area contributed by atoms with Gasteiger partial charge in [-0.1, -0.05) is 23.0 Å². The number of β-amino-alcohol motifs (C(OH)–C–C–N with tert-alkyl or cyclic N) is 1. The highest BCUT2D eigenvalue weighted by molar-refractivity contribution is 5.71. The normalized spacial score (nSPS) is 12.9. The van der Waals surface area contributed by atoms with Crippen LogP contribution >= 0.6 is 0 Å². The molecule has 0 bridgehead atoms. The maximum atomic E-state index is 11.5. The molecule has 0 fully saturated rings. The summed E-state index contributed by atoms with van der Waals surface area (Å²) in [6.07, 6.45) is 2.33. The third kappa shape index (κ3) is 5.18.